The number of hydrogen-bond donors (Lipinski definition) is 1. The average Bonchev–Trinajstić information content (AvgIpc) is 3.25. The van der Waals surface area contributed by atoms with E-state index in [1.807, 2.05) is 0 Å². The molecule has 4 nitrogen and oxygen atoms in total. The number of benzene rings is 1. The lowest BCUT2D eigenvalue weighted by Gasteiger charge is -2.23. The molecule has 0 saturated heterocycles. The van der Waals surface area contributed by atoms with Crippen LogP contribution in [0, 0.1) is 5.92 Å². The Morgan fingerprint density at radius 3 is 2.35 bits per heavy atom. The molecule has 2 rings (SSSR count). The molecule has 1 amide bonds. The van der Waals surface area contributed by atoms with Crippen molar-refractivity contribution in [2.45, 2.75) is 25.4 Å². The van der Waals surface area contributed by atoms with Crippen molar-refractivity contribution in [3.63, 3.8) is 0 Å². The SMILES string of the molecule is O=C(O)c1cc(Br)cc(C(=O)N(CCC(F)(F)F)CC2CC2)c1. The Labute approximate surface area is 139 Å². The predicted octanol–water partition coefficient (Wildman–Crippen LogP) is 3.95. The van der Waals surface area contributed by atoms with Crippen LogP contribution in [0.3, 0.4) is 0 Å². The van der Waals surface area contributed by atoms with E-state index < -0.39 is 31.0 Å². The zero-order valence-corrected chi connectivity index (χ0v) is 13.7. The second-order valence-corrected chi connectivity index (χ2v) is 6.51. The maximum Gasteiger partial charge on any atom is 0.390 e. The summed E-state index contributed by atoms with van der Waals surface area (Å²) in [4.78, 5) is 24.7. The molecule has 1 aliphatic rings. The quantitative estimate of drug-likeness (QED) is 0.795. The molecule has 1 aromatic rings. The highest BCUT2D eigenvalue weighted by Crippen LogP contribution is 2.31. The van der Waals surface area contributed by atoms with E-state index in [0.717, 1.165) is 12.8 Å². The van der Waals surface area contributed by atoms with Crippen molar-refractivity contribution in [2.24, 2.45) is 5.92 Å². The van der Waals surface area contributed by atoms with Crippen LogP contribution < -0.4 is 0 Å². The van der Waals surface area contributed by atoms with E-state index in [4.69, 9.17) is 5.11 Å². The summed E-state index contributed by atoms with van der Waals surface area (Å²) in [7, 11) is 0. The number of halogens is 4. The first-order chi connectivity index (χ1) is 10.7. The van der Waals surface area contributed by atoms with Crippen LogP contribution in [-0.4, -0.2) is 41.1 Å². The molecular weight excluding hydrogens is 379 g/mol. The summed E-state index contributed by atoms with van der Waals surface area (Å²) in [5, 5.41) is 9.03. The molecule has 0 aromatic heterocycles. The summed E-state index contributed by atoms with van der Waals surface area (Å²) < 4.78 is 37.7. The van der Waals surface area contributed by atoms with E-state index in [0.29, 0.717) is 4.47 Å². The van der Waals surface area contributed by atoms with Gasteiger partial charge in [-0.05, 0) is 37.0 Å². The van der Waals surface area contributed by atoms with Gasteiger partial charge in [0.25, 0.3) is 5.91 Å². The highest BCUT2D eigenvalue weighted by molar-refractivity contribution is 9.10. The third kappa shape index (κ3) is 5.53. The zero-order valence-electron chi connectivity index (χ0n) is 12.1. The van der Waals surface area contributed by atoms with E-state index in [1.165, 1.54) is 23.1 Å². The maximum atomic E-state index is 12.5. The summed E-state index contributed by atoms with van der Waals surface area (Å²) >= 11 is 3.12. The van der Waals surface area contributed by atoms with Crippen LogP contribution in [0.2, 0.25) is 0 Å². The normalized spacial score (nSPS) is 14.6. The molecule has 126 valence electrons. The Balaban J connectivity index is 2.20. The number of carbonyl (C=O) groups excluding carboxylic acids is 1. The fraction of sp³-hybridized carbons (Fsp3) is 0.467. The summed E-state index contributed by atoms with van der Waals surface area (Å²) in [6, 6.07) is 3.94. The molecular formula is C15H15BrF3NO3. The first kappa shape index (κ1) is 17.8. The van der Waals surface area contributed by atoms with Crippen molar-refractivity contribution in [3.05, 3.63) is 33.8 Å². The van der Waals surface area contributed by atoms with Gasteiger partial charge < -0.3 is 10.0 Å². The molecule has 0 atom stereocenters. The van der Waals surface area contributed by atoms with E-state index in [-0.39, 0.29) is 23.6 Å². The van der Waals surface area contributed by atoms with Crippen LogP contribution in [0.25, 0.3) is 0 Å². The Morgan fingerprint density at radius 1 is 1.22 bits per heavy atom. The number of carboxylic acids is 1. The third-order valence-corrected chi connectivity index (χ3v) is 3.98. The second kappa shape index (κ2) is 6.90. The maximum absolute atomic E-state index is 12.5. The minimum absolute atomic E-state index is 0.0691. The van der Waals surface area contributed by atoms with Crippen LogP contribution in [0.4, 0.5) is 13.2 Å². The van der Waals surface area contributed by atoms with E-state index >= 15 is 0 Å². The van der Waals surface area contributed by atoms with Crippen molar-refractivity contribution in [2.75, 3.05) is 13.1 Å². The van der Waals surface area contributed by atoms with E-state index in [2.05, 4.69) is 15.9 Å². The summed E-state index contributed by atoms with van der Waals surface area (Å²) in [5.74, 6) is -1.55. The van der Waals surface area contributed by atoms with Crippen molar-refractivity contribution in [3.8, 4) is 0 Å². The van der Waals surface area contributed by atoms with Crippen LogP contribution in [0.15, 0.2) is 22.7 Å². The predicted molar refractivity (Wildman–Crippen MR) is 80.4 cm³/mol. The minimum atomic E-state index is -4.34. The van der Waals surface area contributed by atoms with Crippen LogP contribution in [-0.2, 0) is 0 Å². The Bertz CT molecular complexity index is 614. The lowest BCUT2D eigenvalue weighted by atomic mass is 10.1. The fourth-order valence-corrected chi connectivity index (χ4v) is 2.66. The number of amides is 1. The molecule has 1 N–H and O–H groups in total. The molecule has 1 aliphatic carbocycles. The van der Waals surface area contributed by atoms with Crippen molar-refractivity contribution in [1.29, 1.82) is 0 Å². The standard InChI is InChI=1S/C15H15BrF3NO3/c16-12-6-10(5-11(7-12)14(22)23)13(21)20(8-9-1-2-9)4-3-15(17,18)19/h5-7,9H,1-4,8H2,(H,22,23). The smallest absolute Gasteiger partial charge is 0.390 e. The van der Waals surface area contributed by atoms with Gasteiger partial charge in [0.1, 0.15) is 0 Å². The molecule has 1 fully saturated rings. The van der Waals surface area contributed by atoms with Gasteiger partial charge in [0.15, 0.2) is 0 Å². The van der Waals surface area contributed by atoms with Gasteiger partial charge in [-0.15, -0.1) is 0 Å². The Kier molecular flexibility index (Phi) is 5.33. The number of rotatable bonds is 6. The van der Waals surface area contributed by atoms with Crippen LogP contribution in [0.5, 0.6) is 0 Å². The van der Waals surface area contributed by atoms with Gasteiger partial charge in [-0.3, -0.25) is 4.79 Å². The van der Waals surface area contributed by atoms with Gasteiger partial charge in [-0.2, -0.15) is 13.2 Å². The first-order valence-electron chi connectivity index (χ1n) is 7.05. The number of alkyl halides is 3. The van der Waals surface area contributed by atoms with Gasteiger partial charge in [-0.25, -0.2) is 4.79 Å². The molecule has 0 radical (unpaired) electrons. The summed E-state index contributed by atoms with van der Waals surface area (Å²) in [6.45, 7) is -0.155. The van der Waals surface area contributed by atoms with E-state index in [1.54, 1.807) is 0 Å². The number of carboxylic acid groups (broad SMARTS) is 1. The number of carbonyl (C=O) groups is 2. The van der Waals surface area contributed by atoms with Crippen molar-refractivity contribution >= 4 is 27.8 Å². The zero-order chi connectivity index (χ0) is 17.2. The Hall–Kier alpha value is -1.57. The molecule has 0 spiro atoms. The van der Waals surface area contributed by atoms with Gasteiger partial charge in [-0.1, -0.05) is 15.9 Å². The monoisotopic (exact) mass is 393 g/mol. The molecule has 0 bridgehead atoms. The van der Waals surface area contributed by atoms with Crippen molar-refractivity contribution in [1.82, 2.24) is 4.90 Å². The molecule has 23 heavy (non-hydrogen) atoms. The van der Waals surface area contributed by atoms with Gasteiger partial charge >= 0.3 is 12.1 Å². The topological polar surface area (TPSA) is 57.6 Å². The minimum Gasteiger partial charge on any atom is -0.478 e. The second-order valence-electron chi connectivity index (χ2n) is 5.59. The highest BCUT2D eigenvalue weighted by Gasteiger charge is 2.32. The van der Waals surface area contributed by atoms with Gasteiger partial charge in [0.05, 0.1) is 12.0 Å². The molecule has 8 heteroatoms. The van der Waals surface area contributed by atoms with Gasteiger partial charge in [0, 0.05) is 23.1 Å². The first-order valence-corrected chi connectivity index (χ1v) is 7.85. The largest absolute Gasteiger partial charge is 0.478 e. The highest BCUT2D eigenvalue weighted by atomic mass is 79.9. The lowest BCUT2D eigenvalue weighted by molar-refractivity contribution is -0.136. The van der Waals surface area contributed by atoms with Gasteiger partial charge in [0.2, 0.25) is 0 Å². The number of nitrogens with zero attached hydrogens (tertiary/aromatic N) is 1. The molecule has 0 heterocycles. The van der Waals surface area contributed by atoms with Crippen molar-refractivity contribution < 1.29 is 27.9 Å². The van der Waals surface area contributed by atoms with Crippen LogP contribution in [0.1, 0.15) is 40.0 Å². The summed E-state index contributed by atoms with van der Waals surface area (Å²) in [5.41, 5.74) is -0.0236. The number of aromatic carboxylic acids is 1. The Morgan fingerprint density at radius 2 is 1.83 bits per heavy atom. The third-order valence-electron chi connectivity index (χ3n) is 3.52. The molecule has 0 aliphatic heterocycles. The number of hydrogen-bond acceptors (Lipinski definition) is 2. The molecule has 1 aromatic carbocycles. The van der Waals surface area contributed by atoms with Crippen LogP contribution >= 0.6 is 15.9 Å². The molecule has 1 saturated carbocycles. The fourth-order valence-electron chi connectivity index (χ4n) is 2.17. The lowest BCUT2D eigenvalue weighted by Crippen LogP contribution is -2.36. The average molecular weight is 394 g/mol. The summed E-state index contributed by atoms with van der Waals surface area (Å²) in [6.07, 6.45) is -3.62. The van der Waals surface area contributed by atoms with E-state index in [9.17, 15) is 22.8 Å². The molecule has 0 unspecified atom stereocenters.